The van der Waals surface area contributed by atoms with Crippen LogP contribution in [0.5, 0.6) is 0 Å². The fourth-order valence-corrected chi connectivity index (χ4v) is 5.01. The van der Waals surface area contributed by atoms with Crippen LogP contribution in [0.1, 0.15) is 92.9 Å². The minimum absolute atomic E-state index is 0.197. The third-order valence-electron chi connectivity index (χ3n) is 6.71. The summed E-state index contributed by atoms with van der Waals surface area (Å²) in [6, 6.07) is 6.31. The van der Waals surface area contributed by atoms with Gasteiger partial charge in [0.2, 0.25) is 5.91 Å². The van der Waals surface area contributed by atoms with Crippen molar-refractivity contribution in [3.8, 4) is 11.1 Å². The Balaban J connectivity index is 2.47. The number of nitrogens with one attached hydrogen (secondary N) is 1. The molecule has 1 aliphatic rings. The van der Waals surface area contributed by atoms with Gasteiger partial charge in [-0.3, -0.25) is 4.79 Å². The van der Waals surface area contributed by atoms with Crippen molar-refractivity contribution in [2.75, 3.05) is 5.32 Å². The number of carboxylic acid groups (broad SMARTS) is 1. The van der Waals surface area contributed by atoms with Crippen molar-refractivity contribution in [3.63, 3.8) is 0 Å². The third kappa shape index (κ3) is 5.84. The molecule has 5 heteroatoms. The van der Waals surface area contributed by atoms with E-state index in [-0.39, 0.29) is 5.91 Å². The largest absolute Gasteiger partial charge is 0.479 e. The van der Waals surface area contributed by atoms with Gasteiger partial charge in [0, 0.05) is 18.1 Å². The Bertz CT molecular complexity index is 1180. The molecule has 0 saturated heterocycles. The molecule has 1 atom stereocenters. The molecule has 2 aromatic carbocycles. The highest BCUT2D eigenvalue weighted by Gasteiger charge is 2.34. The third-order valence-corrected chi connectivity index (χ3v) is 6.71. The molecule has 1 aliphatic carbocycles. The molecule has 0 aromatic heterocycles. The fraction of sp³-hybridized carbons (Fsp3) is 0.467. The first-order chi connectivity index (χ1) is 16.3. The highest BCUT2D eigenvalue weighted by molar-refractivity contribution is 5.99. The number of carboxylic acids is 1. The van der Waals surface area contributed by atoms with Gasteiger partial charge in [-0.2, -0.15) is 0 Å². The van der Waals surface area contributed by atoms with Gasteiger partial charge in [0.25, 0.3) is 0 Å². The molecular formula is C30H39NO4. The van der Waals surface area contributed by atoms with Crippen molar-refractivity contribution in [2.45, 2.75) is 92.8 Å². The van der Waals surface area contributed by atoms with E-state index in [1.54, 1.807) is 0 Å². The minimum Gasteiger partial charge on any atom is -0.479 e. The lowest BCUT2D eigenvalue weighted by molar-refractivity contribution is -0.160. The predicted molar refractivity (Wildman–Crippen MR) is 143 cm³/mol. The van der Waals surface area contributed by atoms with E-state index in [1.807, 2.05) is 34.6 Å². The lowest BCUT2D eigenvalue weighted by Crippen LogP contribution is -2.29. The summed E-state index contributed by atoms with van der Waals surface area (Å²) in [7, 11) is 0. The Morgan fingerprint density at radius 3 is 2.20 bits per heavy atom. The molecule has 0 radical (unpaired) electrons. The number of allylic oxidation sites excluding steroid dienone is 2. The van der Waals surface area contributed by atoms with E-state index in [0.29, 0.717) is 11.3 Å². The summed E-state index contributed by atoms with van der Waals surface area (Å²) in [5, 5.41) is 13.4. The Morgan fingerprint density at radius 2 is 1.69 bits per heavy atom. The number of aryl methyl sites for hydroxylation is 2. The van der Waals surface area contributed by atoms with Gasteiger partial charge >= 0.3 is 5.97 Å². The second-order valence-corrected chi connectivity index (χ2v) is 10.7. The number of benzene rings is 2. The Labute approximate surface area is 209 Å². The molecule has 0 aliphatic heterocycles. The molecule has 0 bridgehead atoms. The summed E-state index contributed by atoms with van der Waals surface area (Å²) in [5.74, 6) is -1.23. The smallest absolute Gasteiger partial charge is 0.337 e. The van der Waals surface area contributed by atoms with E-state index in [0.717, 1.165) is 64.6 Å². The number of hydrogen-bond acceptors (Lipinski definition) is 3. The van der Waals surface area contributed by atoms with Gasteiger partial charge in [-0.25, -0.2) is 4.79 Å². The van der Waals surface area contributed by atoms with Crippen LogP contribution in [0, 0.1) is 27.7 Å². The van der Waals surface area contributed by atoms with Crippen LogP contribution >= 0.6 is 0 Å². The van der Waals surface area contributed by atoms with E-state index >= 15 is 0 Å². The lowest BCUT2D eigenvalue weighted by atomic mass is 9.79. The standard InChI is InChI=1S/C30H39NO4/c1-17-14-15-23(16-18(17)2)25-19(3)24(22-12-10-9-11-13-22)26(20(4)27(25)31-21(5)32)28(29(33)34)35-30(6,7)8/h12,14-16,28H,9-11,13H2,1-8H3,(H,31,32)(H,33,34). The van der Waals surface area contributed by atoms with E-state index in [2.05, 4.69) is 43.4 Å². The van der Waals surface area contributed by atoms with Crippen LogP contribution in [0.25, 0.3) is 16.7 Å². The molecule has 1 unspecified atom stereocenters. The number of rotatable bonds is 6. The van der Waals surface area contributed by atoms with E-state index in [1.165, 1.54) is 12.5 Å². The van der Waals surface area contributed by atoms with Crippen LogP contribution in [-0.4, -0.2) is 22.6 Å². The van der Waals surface area contributed by atoms with Gasteiger partial charge in [-0.15, -0.1) is 0 Å². The molecule has 5 nitrogen and oxygen atoms in total. The van der Waals surface area contributed by atoms with Crippen LogP contribution in [-0.2, 0) is 14.3 Å². The second-order valence-electron chi connectivity index (χ2n) is 10.7. The molecular weight excluding hydrogens is 438 g/mol. The number of amides is 1. The molecule has 0 fully saturated rings. The highest BCUT2D eigenvalue weighted by Crippen LogP contribution is 2.46. The zero-order valence-electron chi connectivity index (χ0n) is 22.4. The summed E-state index contributed by atoms with van der Waals surface area (Å²) in [5.41, 5.74) is 8.73. The Kier molecular flexibility index (Phi) is 7.90. The number of aliphatic carboxylic acids is 1. The highest BCUT2D eigenvalue weighted by atomic mass is 16.5. The predicted octanol–water partition coefficient (Wildman–Crippen LogP) is 7.44. The second kappa shape index (κ2) is 10.4. The molecule has 1 amide bonds. The van der Waals surface area contributed by atoms with Gasteiger partial charge < -0.3 is 15.2 Å². The number of anilines is 1. The summed E-state index contributed by atoms with van der Waals surface area (Å²) in [4.78, 5) is 25.0. The number of carbonyl (C=O) groups is 2. The van der Waals surface area contributed by atoms with Crippen molar-refractivity contribution in [1.82, 2.24) is 0 Å². The fourth-order valence-electron chi connectivity index (χ4n) is 5.01. The molecule has 2 N–H and O–H groups in total. The van der Waals surface area contributed by atoms with Crippen LogP contribution < -0.4 is 5.32 Å². The minimum atomic E-state index is -1.16. The summed E-state index contributed by atoms with van der Waals surface area (Å²) in [6.07, 6.45) is 5.14. The summed E-state index contributed by atoms with van der Waals surface area (Å²) >= 11 is 0. The SMILES string of the molecule is CC(=O)Nc1c(C)c(C(OC(C)(C)C)C(=O)O)c(C2=CCCCC2)c(C)c1-c1ccc(C)c(C)c1. The number of ether oxygens (including phenoxy) is 1. The van der Waals surface area contributed by atoms with Crippen LogP contribution in [0.15, 0.2) is 24.3 Å². The zero-order chi connectivity index (χ0) is 26.1. The monoisotopic (exact) mass is 477 g/mol. The zero-order valence-corrected chi connectivity index (χ0v) is 22.4. The van der Waals surface area contributed by atoms with E-state index < -0.39 is 17.7 Å². The summed E-state index contributed by atoms with van der Waals surface area (Å²) in [6.45, 7) is 15.2. The van der Waals surface area contributed by atoms with Crippen molar-refractivity contribution in [2.24, 2.45) is 0 Å². The summed E-state index contributed by atoms with van der Waals surface area (Å²) < 4.78 is 6.15. The van der Waals surface area contributed by atoms with Gasteiger partial charge in [-0.05, 0) is 113 Å². The maximum Gasteiger partial charge on any atom is 0.337 e. The maximum absolute atomic E-state index is 12.6. The molecule has 2 aromatic rings. The first-order valence-electron chi connectivity index (χ1n) is 12.4. The Morgan fingerprint density at radius 1 is 1.00 bits per heavy atom. The molecule has 3 rings (SSSR count). The average molecular weight is 478 g/mol. The van der Waals surface area contributed by atoms with Crippen LogP contribution in [0.4, 0.5) is 5.69 Å². The first-order valence-corrected chi connectivity index (χ1v) is 12.4. The molecule has 0 heterocycles. The van der Waals surface area contributed by atoms with Gasteiger partial charge in [0.1, 0.15) is 0 Å². The number of carbonyl (C=O) groups excluding carboxylic acids is 1. The van der Waals surface area contributed by atoms with Gasteiger partial charge in [0.15, 0.2) is 6.10 Å². The molecule has 188 valence electrons. The first kappa shape index (κ1) is 26.7. The molecule has 0 spiro atoms. The normalized spacial score (nSPS) is 14.9. The van der Waals surface area contributed by atoms with E-state index in [9.17, 15) is 14.7 Å². The average Bonchev–Trinajstić information content (AvgIpc) is 2.76. The van der Waals surface area contributed by atoms with Crippen LogP contribution in [0.3, 0.4) is 0 Å². The Hall–Kier alpha value is -2.92. The van der Waals surface area contributed by atoms with Crippen LogP contribution in [0.2, 0.25) is 0 Å². The van der Waals surface area contributed by atoms with Crippen molar-refractivity contribution < 1.29 is 19.4 Å². The van der Waals surface area contributed by atoms with Gasteiger partial charge in [-0.1, -0.05) is 24.3 Å². The van der Waals surface area contributed by atoms with Gasteiger partial charge in [0.05, 0.1) is 11.3 Å². The maximum atomic E-state index is 12.6. The lowest BCUT2D eigenvalue weighted by Gasteiger charge is -2.32. The van der Waals surface area contributed by atoms with E-state index in [4.69, 9.17) is 4.74 Å². The number of hydrogen-bond donors (Lipinski definition) is 2. The molecule has 35 heavy (non-hydrogen) atoms. The molecule has 0 saturated carbocycles. The quantitative estimate of drug-likeness (QED) is 0.453. The van der Waals surface area contributed by atoms with Crippen molar-refractivity contribution >= 4 is 23.1 Å². The van der Waals surface area contributed by atoms with Crippen molar-refractivity contribution in [1.29, 1.82) is 0 Å². The van der Waals surface area contributed by atoms with Crippen molar-refractivity contribution in [3.05, 3.63) is 57.7 Å². The topological polar surface area (TPSA) is 75.6 Å².